The van der Waals surface area contributed by atoms with Gasteiger partial charge in [0.05, 0.1) is 0 Å². The number of urea groups is 1. The Morgan fingerprint density at radius 1 is 1.44 bits per heavy atom. The van der Waals surface area contributed by atoms with Crippen molar-refractivity contribution in [1.29, 1.82) is 0 Å². The molecule has 0 bridgehead atoms. The zero-order valence-electron chi connectivity index (χ0n) is 10.1. The Morgan fingerprint density at radius 2 is 2.06 bits per heavy atom. The van der Waals surface area contributed by atoms with E-state index in [4.69, 9.17) is 5.11 Å². The van der Waals surface area contributed by atoms with Crippen molar-refractivity contribution < 1.29 is 14.7 Å². The number of amides is 2. The normalized spacial score (nSPS) is 22.7. The number of carboxylic acids is 1. The van der Waals surface area contributed by atoms with Gasteiger partial charge in [0.1, 0.15) is 6.04 Å². The second-order valence-electron chi connectivity index (χ2n) is 4.45. The van der Waals surface area contributed by atoms with Gasteiger partial charge in [-0.25, -0.2) is 9.59 Å². The maximum atomic E-state index is 12.0. The first-order chi connectivity index (χ1) is 7.45. The van der Waals surface area contributed by atoms with Gasteiger partial charge in [-0.2, -0.15) is 0 Å². The summed E-state index contributed by atoms with van der Waals surface area (Å²) < 4.78 is 0. The molecular formula is C11H20N2O3. The maximum Gasteiger partial charge on any atom is 0.326 e. The lowest BCUT2D eigenvalue weighted by Crippen LogP contribution is -2.52. The standard InChI is InChI=1S/C11H20N2O3/c1-8-6-4-5-7-13(8)11(16)12(3)9(2)10(14)15/h8-9H,4-7H2,1-3H3,(H,14,15). The molecule has 1 aliphatic rings. The summed E-state index contributed by atoms with van der Waals surface area (Å²) in [6.45, 7) is 4.27. The van der Waals surface area contributed by atoms with Gasteiger partial charge in [0.15, 0.2) is 0 Å². The van der Waals surface area contributed by atoms with E-state index >= 15 is 0 Å². The Morgan fingerprint density at radius 3 is 2.56 bits per heavy atom. The van der Waals surface area contributed by atoms with Crippen LogP contribution in [0.5, 0.6) is 0 Å². The summed E-state index contributed by atoms with van der Waals surface area (Å²) in [7, 11) is 1.54. The number of hydrogen-bond acceptors (Lipinski definition) is 2. The molecule has 92 valence electrons. The van der Waals surface area contributed by atoms with Gasteiger partial charge >= 0.3 is 12.0 Å². The van der Waals surface area contributed by atoms with Gasteiger partial charge in [-0.05, 0) is 33.1 Å². The fraction of sp³-hybridized carbons (Fsp3) is 0.818. The number of likely N-dealkylation sites (N-methyl/N-ethyl adjacent to an activating group) is 1. The van der Waals surface area contributed by atoms with Crippen LogP contribution >= 0.6 is 0 Å². The van der Waals surface area contributed by atoms with Crippen molar-refractivity contribution >= 4 is 12.0 Å². The minimum atomic E-state index is -0.972. The largest absolute Gasteiger partial charge is 0.480 e. The van der Waals surface area contributed by atoms with E-state index in [1.165, 1.54) is 11.8 Å². The quantitative estimate of drug-likeness (QED) is 0.776. The number of rotatable bonds is 2. The molecule has 2 atom stereocenters. The van der Waals surface area contributed by atoms with Gasteiger partial charge in [0.25, 0.3) is 0 Å². The Hall–Kier alpha value is -1.26. The molecule has 1 aliphatic heterocycles. The number of piperidine rings is 1. The third-order valence-corrected chi connectivity index (χ3v) is 3.29. The maximum absolute atomic E-state index is 12.0. The van der Waals surface area contributed by atoms with Crippen LogP contribution in [0.3, 0.4) is 0 Å². The van der Waals surface area contributed by atoms with E-state index < -0.39 is 12.0 Å². The lowest BCUT2D eigenvalue weighted by molar-refractivity contribution is -0.141. The van der Waals surface area contributed by atoms with Crippen molar-refractivity contribution in [3.8, 4) is 0 Å². The first-order valence-electron chi connectivity index (χ1n) is 5.71. The Bertz CT molecular complexity index is 280. The number of likely N-dealkylation sites (tertiary alicyclic amines) is 1. The molecule has 1 heterocycles. The minimum absolute atomic E-state index is 0.179. The average Bonchev–Trinajstić information content (AvgIpc) is 2.26. The molecule has 0 radical (unpaired) electrons. The van der Waals surface area contributed by atoms with Gasteiger partial charge in [0.2, 0.25) is 0 Å². The molecule has 0 aromatic carbocycles. The summed E-state index contributed by atoms with van der Waals surface area (Å²) >= 11 is 0. The van der Waals surface area contributed by atoms with Crippen LogP contribution in [0, 0.1) is 0 Å². The minimum Gasteiger partial charge on any atom is -0.480 e. The predicted molar refractivity (Wildman–Crippen MR) is 60.3 cm³/mol. The second kappa shape index (κ2) is 5.18. The van der Waals surface area contributed by atoms with Gasteiger partial charge in [-0.15, -0.1) is 0 Å². The molecule has 0 aromatic rings. The zero-order valence-corrected chi connectivity index (χ0v) is 10.1. The molecule has 2 amide bonds. The molecule has 1 saturated heterocycles. The monoisotopic (exact) mass is 228 g/mol. The van der Waals surface area contributed by atoms with Crippen molar-refractivity contribution in [3.63, 3.8) is 0 Å². The third kappa shape index (κ3) is 2.65. The van der Waals surface area contributed by atoms with E-state index in [2.05, 4.69) is 0 Å². The number of carboxylic acid groups (broad SMARTS) is 1. The molecule has 0 aliphatic carbocycles. The van der Waals surface area contributed by atoms with Crippen LogP contribution in [0.25, 0.3) is 0 Å². The first-order valence-corrected chi connectivity index (χ1v) is 5.71. The van der Waals surface area contributed by atoms with E-state index in [1.807, 2.05) is 6.92 Å². The lowest BCUT2D eigenvalue weighted by atomic mass is 10.0. The topological polar surface area (TPSA) is 60.9 Å². The van der Waals surface area contributed by atoms with Crippen molar-refractivity contribution in [2.75, 3.05) is 13.6 Å². The highest BCUT2D eigenvalue weighted by Crippen LogP contribution is 2.18. The fourth-order valence-corrected chi connectivity index (χ4v) is 1.92. The molecular weight excluding hydrogens is 208 g/mol. The van der Waals surface area contributed by atoms with Crippen LogP contribution in [0.15, 0.2) is 0 Å². The highest BCUT2D eigenvalue weighted by molar-refractivity contribution is 5.82. The van der Waals surface area contributed by atoms with Gasteiger partial charge < -0.3 is 14.9 Å². The van der Waals surface area contributed by atoms with Crippen molar-refractivity contribution in [2.45, 2.75) is 45.2 Å². The van der Waals surface area contributed by atoms with Crippen LogP contribution in [0.1, 0.15) is 33.1 Å². The van der Waals surface area contributed by atoms with Crippen molar-refractivity contribution in [1.82, 2.24) is 9.80 Å². The predicted octanol–water partition coefficient (Wildman–Crippen LogP) is 1.39. The molecule has 5 heteroatoms. The van der Waals surface area contributed by atoms with Crippen molar-refractivity contribution in [2.24, 2.45) is 0 Å². The number of nitrogens with zero attached hydrogens (tertiary/aromatic N) is 2. The molecule has 0 saturated carbocycles. The summed E-state index contributed by atoms with van der Waals surface area (Å²) in [6, 6.07) is -0.742. The second-order valence-corrected chi connectivity index (χ2v) is 4.45. The molecule has 0 aromatic heterocycles. The molecule has 1 N–H and O–H groups in total. The average molecular weight is 228 g/mol. The third-order valence-electron chi connectivity index (χ3n) is 3.29. The van der Waals surface area contributed by atoms with Crippen LogP contribution in [0.4, 0.5) is 4.79 Å². The fourth-order valence-electron chi connectivity index (χ4n) is 1.92. The summed E-state index contributed by atoms with van der Waals surface area (Å²) in [4.78, 5) is 25.9. The number of carbonyl (C=O) groups is 2. The highest BCUT2D eigenvalue weighted by Gasteiger charge is 2.29. The highest BCUT2D eigenvalue weighted by atomic mass is 16.4. The Kier molecular flexibility index (Phi) is 4.15. The van der Waals surface area contributed by atoms with E-state index in [0.29, 0.717) is 0 Å². The first kappa shape index (κ1) is 12.8. The van der Waals surface area contributed by atoms with Crippen LogP contribution in [-0.4, -0.2) is 52.6 Å². The lowest BCUT2D eigenvalue weighted by Gasteiger charge is -2.37. The van der Waals surface area contributed by atoms with Crippen molar-refractivity contribution in [3.05, 3.63) is 0 Å². The van der Waals surface area contributed by atoms with Crippen LogP contribution < -0.4 is 0 Å². The van der Waals surface area contributed by atoms with Crippen LogP contribution in [0.2, 0.25) is 0 Å². The molecule has 0 spiro atoms. The van der Waals surface area contributed by atoms with E-state index in [0.717, 1.165) is 25.8 Å². The van der Waals surface area contributed by atoms with E-state index in [1.54, 1.807) is 11.9 Å². The SMILES string of the molecule is CC(C(=O)O)N(C)C(=O)N1CCCCC1C. The van der Waals surface area contributed by atoms with Gasteiger partial charge in [-0.3, -0.25) is 0 Å². The molecule has 1 fully saturated rings. The van der Waals surface area contributed by atoms with Gasteiger partial charge in [0, 0.05) is 19.6 Å². The zero-order chi connectivity index (χ0) is 12.3. The molecule has 2 unspecified atom stereocenters. The Labute approximate surface area is 96.0 Å². The summed E-state index contributed by atoms with van der Waals surface area (Å²) in [5.74, 6) is -0.972. The number of carbonyl (C=O) groups excluding carboxylic acids is 1. The number of hydrogen-bond donors (Lipinski definition) is 1. The molecule has 1 rings (SSSR count). The van der Waals surface area contributed by atoms with E-state index in [-0.39, 0.29) is 12.1 Å². The van der Waals surface area contributed by atoms with E-state index in [9.17, 15) is 9.59 Å². The number of aliphatic carboxylic acids is 1. The summed E-state index contributed by atoms with van der Waals surface area (Å²) in [6.07, 6.45) is 3.15. The molecule has 16 heavy (non-hydrogen) atoms. The summed E-state index contributed by atoms with van der Waals surface area (Å²) in [5, 5.41) is 8.85. The smallest absolute Gasteiger partial charge is 0.326 e. The summed E-state index contributed by atoms with van der Waals surface area (Å²) in [5.41, 5.74) is 0. The van der Waals surface area contributed by atoms with Crippen LogP contribution in [-0.2, 0) is 4.79 Å². The molecule has 5 nitrogen and oxygen atoms in total. The van der Waals surface area contributed by atoms with Gasteiger partial charge in [-0.1, -0.05) is 0 Å². The Balaban J connectivity index is 2.65.